The second-order valence-corrected chi connectivity index (χ2v) is 11.1. The van der Waals surface area contributed by atoms with Gasteiger partial charge in [0.2, 0.25) is 0 Å². The molecule has 0 aliphatic heterocycles. The van der Waals surface area contributed by atoms with Gasteiger partial charge in [-0.05, 0) is 81.9 Å². The number of nitriles is 1. The number of benzene rings is 6. The molecule has 2 aromatic heterocycles. The van der Waals surface area contributed by atoms with Crippen molar-refractivity contribution in [1.29, 1.82) is 5.26 Å². The van der Waals surface area contributed by atoms with E-state index in [0.29, 0.717) is 5.56 Å². The summed E-state index contributed by atoms with van der Waals surface area (Å²) in [7, 11) is 0. The summed E-state index contributed by atoms with van der Waals surface area (Å²) in [6, 6.07) is 46.7. The lowest BCUT2D eigenvalue weighted by atomic mass is 9.88. The fourth-order valence-electron chi connectivity index (χ4n) is 5.86. The second-order valence-electron chi connectivity index (χ2n) is 10.0. The molecule has 3 heteroatoms. The number of para-hydroxylation sites is 1. The van der Waals surface area contributed by atoms with Crippen molar-refractivity contribution in [1.82, 2.24) is 0 Å². The predicted molar refractivity (Wildman–Crippen MR) is 168 cm³/mol. The van der Waals surface area contributed by atoms with Gasteiger partial charge in [-0.2, -0.15) is 5.26 Å². The van der Waals surface area contributed by atoms with Crippen LogP contribution in [0.25, 0.3) is 75.5 Å². The molecule has 186 valence electrons. The number of thiophene rings is 1. The van der Waals surface area contributed by atoms with Crippen molar-refractivity contribution in [2.75, 3.05) is 0 Å². The van der Waals surface area contributed by atoms with E-state index in [0.717, 1.165) is 49.8 Å². The van der Waals surface area contributed by atoms with Gasteiger partial charge in [0.05, 0.1) is 11.6 Å². The normalized spacial score (nSPS) is 11.5. The molecular weight excluding hydrogens is 506 g/mol. The minimum atomic E-state index is 0.645. The van der Waals surface area contributed by atoms with Crippen molar-refractivity contribution >= 4 is 53.4 Å². The van der Waals surface area contributed by atoms with Crippen LogP contribution in [0.3, 0.4) is 0 Å². The maximum Gasteiger partial charge on any atom is 0.136 e. The van der Waals surface area contributed by atoms with Crippen molar-refractivity contribution in [3.8, 4) is 39.4 Å². The van der Waals surface area contributed by atoms with Crippen LogP contribution >= 0.6 is 11.3 Å². The van der Waals surface area contributed by atoms with E-state index >= 15 is 0 Å². The molecule has 0 fully saturated rings. The fourth-order valence-corrected chi connectivity index (χ4v) is 6.94. The molecule has 8 aromatic rings. The lowest BCUT2D eigenvalue weighted by Gasteiger charge is -2.14. The van der Waals surface area contributed by atoms with Crippen LogP contribution in [-0.4, -0.2) is 0 Å². The first kappa shape index (κ1) is 22.8. The Balaban J connectivity index is 1.39. The van der Waals surface area contributed by atoms with Crippen LogP contribution in [0, 0.1) is 11.3 Å². The third-order valence-electron chi connectivity index (χ3n) is 7.72. The Morgan fingerprint density at radius 2 is 1.25 bits per heavy atom. The maximum atomic E-state index is 9.67. The van der Waals surface area contributed by atoms with E-state index in [4.69, 9.17) is 4.42 Å². The Morgan fingerprint density at radius 3 is 2.17 bits per heavy atom. The van der Waals surface area contributed by atoms with E-state index in [1.165, 1.54) is 25.7 Å². The topological polar surface area (TPSA) is 36.9 Å². The summed E-state index contributed by atoms with van der Waals surface area (Å²) in [4.78, 5) is 0. The van der Waals surface area contributed by atoms with E-state index in [1.807, 2.05) is 47.7 Å². The third kappa shape index (κ3) is 3.55. The molecule has 0 saturated heterocycles. The molecule has 0 spiro atoms. The fraction of sp³-hybridized carbons (Fsp3) is 0. The third-order valence-corrected chi connectivity index (χ3v) is 8.88. The Bertz CT molecular complexity index is 2300. The van der Waals surface area contributed by atoms with Crippen LogP contribution in [-0.2, 0) is 0 Å². The smallest absolute Gasteiger partial charge is 0.136 e. The summed E-state index contributed by atoms with van der Waals surface area (Å²) in [5, 5.41) is 14.4. The molecule has 0 amide bonds. The number of hydrogen-bond donors (Lipinski definition) is 0. The highest BCUT2D eigenvalue weighted by molar-refractivity contribution is 7.25. The second kappa shape index (κ2) is 8.95. The molecule has 40 heavy (non-hydrogen) atoms. The van der Waals surface area contributed by atoms with Crippen LogP contribution in [0.4, 0.5) is 0 Å². The molecule has 0 N–H and O–H groups in total. The lowest BCUT2D eigenvalue weighted by molar-refractivity contribution is 0.669. The van der Waals surface area contributed by atoms with Gasteiger partial charge >= 0.3 is 0 Å². The zero-order valence-electron chi connectivity index (χ0n) is 21.4. The van der Waals surface area contributed by atoms with Gasteiger partial charge < -0.3 is 4.42 Å². The number of fused-ring (bicyclic) bond motifs is 6. The molecule has 0 aliphatic carbocycles. The molecular formula is C37H21NOS. The molecule has 0 atom stereocenters. The molecule has 0 saturated carbocycles. The first-order valence-electron chi connectivity index (χ1n) is 13.2. The zero-order chi connectivity index (χ0) is 26.6. The molecule has 0 bridgehead atoms. The van der Waals surface area contributed by atoms with E-state index in [-0.39, 0.29) is 0 Å². The summed E-state index contributed by atoms with van der Waals surface area (Å²) in [5.41, 5.74) is 9.04. The first-order chi connectivity index (χ1) is 19.8. The zero-order valence-corrected chi connectivity index (χ0v) is 22.2. The van der Waals surface area contributed by atoms with Gasteiger partial charge in [0.15, 0.2) is 0 Å². The maximum absolute atomic E-state index is 9.67. The molecule has 2 nitrogen and oxygen atoms in total. The molecule has 2 heterocycles. The molecule has 8 rings (SSSR count). The van der Waals surface area contributed by atoms with Gasteiger partial charge in [-0.25, -0.2) is 0 Å². The highest BCUT2D eigenvalue weighted by Crippen LogP contribution is 2.43. The lowest BCUT2D eigenvalue weighted by Crippen LogP contribution is -1.89. The van der Waals surface area contributed by atoms with Gasteiger partial charge in [-0.1, -0.05) is 78.9 Å². The summed E-state index contributed by atoms with van der Waals surface area (Å²) in [6.07, 6.45) is 0. The van der Waals surface area contributed by atoms with Crippen molar-refractivity contribution < 1.29 is 4.42 Å². The Morgan fingerprint density at radius 1 is 0.500 bits per heavy atom. The number of hydrogen-bond acceptors (Lipinski definition) is 3. The van der Waals surface area contributed by atoms with Gasteiger partial charge in [-0.3, -0.25) is 0 Å². The number of nitrogens with zero attached hydrogens (tertiary/aromatic N) is 1. The van der Waals surface area contributed by atoms with E-state index in [1.54, 1.807) is 0 Å². The molecule has 0 aliphatic rings. The van der Waals surface area contributed by atoms with Crippen LogP contribution in [0.15, 0.2) is 132 Å². The minimum absolute atomic E-state index is 0.645. The largest absolute Gasteiger partial charge is 0.456 e. The summed E-state index contributed by atoms with van der Waals surface area (Å²) in [5.74, 6) is 0. The van der Waals surface area contributed by atoms with Crippen molar-refractivity contribution in [3.05, 3.63) is 133 Å². The van der Waals surface area contributed by atoms with Gasteiger partial charge in [0, 0.05) is 30.9 Å². The molecule has 0 unspecified atom stereocenters. The first-order valence-corrected chi connectivity index (χ1v) is 14.1. The monoisotopic (exact) mass is 527 g/mol. The van der Waals surface area contributed by atoms with Crippen LogP contribution < -0.4 is 0 Å². The minimum Gasteiger partial charge on any atom is -0.456 e. The quantitative estimate of drug-likeness (QED) is 0.229. The van der Waals surface area contributed by atoms with Crippen molar-refractivity contribution in [2.24, 2.45) is 0 Å². The summed E-state index contributed by atoms with van der Waals surface area (Å²) >= 11 is 1.83. The Kier molecular flexibility index (Phi) is 5.10. The van der Waals surface area contributed by atoms with E-state index in [2.05, 4.69) is 97.1 Å². The van der Waals surface area contributed by atoms with Crippen LogP contribution in [0.2, 0.25) is 0 Å². The average molecular weight is 528 g/mol. The Hall–Kier alpha value is -5.17. The van der Waals surface area contributed by atoms with Crippen molar-refractivity contribution in [3.63, 3.8) is 0 Å². The average Bonchev–Trinajstić information content (AvgIpc) is 3.59. The molecule has 6 aromatic carbocycles. The van der Waals surface area contributed by atoms with Crippen LogP contribution in [0.5, 0.6) is 0 Å². The standard InChI is InChI=1S/C37H21NOS/c38-22-23-7-5-8-26(19-23)31-20-24(25-16-18-36-32(21-25)28-9-2-4-14-35(28)40-36)15-17-27(31)29-11-6-13-34-37(29)30-10-1-3-12-33(30)39-34/h1-21H. The van der Waals surface area contributed by atoms with Crippen molar-refractivity contribution in [2.45, 2.75) is 0 Å². The summed E-state index contributed by atoms with van der Waals surface area (Å²) < 4.78 is 8.81. The predicted octanol–water partition coefficient (Wildman–Crippen LogP) is 10.8. The van der Waals surface area contributed by atoms with Crippen LogP contribution in [0.1, 0.15) is 5.56 Å². The number of furan rings is 1. The van der Waals surface area contributed by atoms with E-state index in [9.17, 15) is 5.26 Å². The number of rotatable bonds is 3. The Labute approximate surface area is 235 Å². The SMILES string of the molecule is N#Cc1cccc(-c2cc(-c3ccc4sc5ccccc5c4c3)ccc2-c2cccc3oc4ccccc4c23)c1. The van der Waals surface area contributed by atoms with Gasteiger partial charge in [-0.15, -0.1) is 11.3 Å². The highest BCUT2D eigenvalue weighted by atomic mass is 32.1. The van der Waals surface area contributed by atoms with Gasteiger partial charge in [0.1, 0.15) is 11.2 Å². The summed E-state index contributed by atoms with van der Waals surface area (Å²) in [6.45, 7) is 0. The molecule has 0 radical (unpaired) electrons. The highest BCUT2D eigenvalue weighted by Gasteiger charge is 2.17. The van der Waals surface area contributed by atoms with Gasteiger partial charge in [0.25, 0.3) is 0 Å². The van der Waals surface area contributed by atoms with E-state index < -0.39 is 0 Å².